The number of carbonyl (C=O) groups is 2. The van der Waals surface area contributed by atoms with E-state index < -0.39 is 22.2 Å². The predicted molar refractivity (Wildman–Crippen MR) is 71.2 cm³/mol. The van der Waals surface area contributed by atoms with Crippen LogP contribution in [0.15, 0.2) is 18.2 Å². The minimum atomic E-state index is -0.861. The van der Waals surface area contributed by atoms with Gasteiger partial charge in [0.25, 0.3) is 11.6 Å². The van der Waals surface area contributed by atoms with Crippen molar-refractivity contribution in [3.05, 3.63) is 39.7 Å². The van der Waals surface area contributed by atoms with Crippen LogP contribution in [-0.2, 0) is 4.79 Å². The highest BCUT2D eigenvalue weighted by molar-refractivity contribution is 5.97. The van der Waals surface area contributed by atoms with Crippen LogP contribution in [0.4, 0.5) is 10.1 Å². The molecule has 0 aromatic heterocycles. The van der Waals surface area contributed by atoms with Gasteiger partial charge in [-0.25, -0.2) is 4.39 Å². The van der Waals surface area contributed by atoms with Gasteiger partial charge in [0.1, 0.15) is 5.82 Å². The molecule has 0 bridgehead atoms. The summed E-state index contributed by atoms with van der Waals surface area (Å²) >= 11 is 0. The molecule has 2 amide bonds. The molecule has 0 unspecified atom stereocenters. The van der Waals surface area contributed by atoms with E-state index in [1.807, 2.05) is 0 Å². The summed E-state index contributed by atoms with van der Waals surface area (Å²) in [6.45, 7) is -0.225. The van der Waals surface area contributed by atoms with Gasteiger partial charge in [-0.05, 0) is 18.9 Å². The van der Waals surface area contributed by atoms with Crippen molar-refractivity contribution in [2.45, 2.75) is 18.9 Å². The van der Waals surface area contributed by atoms with E-state index in [0.717, 1.165) is 35.9 Å². The second-order valence-electron chi connectivity index (χ2n) is 4.92. The summed E-state index contributed by atoms with van der Waals surface area (Å²) in [6.07, 6.45) is 1.84. The first-order valence-electron chi connectivity index (χ1n) is 6.37. The molecule has 0 radical (unpaired) electrons. The Balaban J connectivity index is 2.08. The zero-order chi connectivity index (χ0) is 15.6. The van der Waals surface area contributed by atoms with Gasteiger partial charge in [-0.2, -0.15) is 0 Å². The van der Waals surface area contributed by atoms with Crippen LogP contribution in [0.5, 0.6) is 0 Å². The summed E-state index contributed by atoms with van der Waals surface area (Å²) in [5.41, 5.74) is -0.804. The number of amides is 2. The highest BCUT2D eigenvalue weighted by Crippen LogP contribution is 2.19. The molecule has 1 aliphatic rings. The number of halogens is 1. The lowest BCUT2D eigenvalue weighted by Gasteiger charge is -2.17. The molecule has 0 heterocycles. The Morgan fingerprint density at radius 3 is 2.71 bits per heavy atom. The van der Waals surface area contributed by atoms with E-state index in [1.165, 1.54) is 7.05 Å². The molecule has 0 aliphatic heterocycles. The maximum absolute atomic E-state index is 13.6. The second kappa shape index (κ2) is 5.86. The van der Waals surface area contributed by atoms with Crippen LogP contribution in [0.1, 0.15) is 23.2 Å². The largest absolute Gasteiger partial charge is 0.352 e. The van der Waals surface area contributed by atoms with Crippen molar-refractivity contribution in [1.82, 2.24) is 10.2 Å². The number of carbonyl (C=O) groups excluding carboxylic acids is 2. The standard InChI is InChI=1S/C13H14FN3O4/c1-16(7-12(18)15-8-2-3-8)13(19)10-6-9(17(20)21)4-5-11(10)14/h4-6,8H,2-3,7H2,1H3,(H,15,18). The Labute approximate surface area is 119 Å². The highest BCUT2D eigenvalue weighted by atomic mass is 19.1. The lowest BCUT2D eigenvalue weighted by atomic mass is 10.1. The SMILES string of the molecule is CN(CC(=O)NC1CC1)C(=O)c1cc([N+](=O)[O-])ccc1F. The summed E-state index contributed by atoms with van der Waals surface area (Å²) < 4.78 is 13.6. The molecule has 0 atom stereocenters. The molecule has 21 heavy (non-hydrogen) atoms. The van der Waals surface area contributed by atoms with Crippen LogP contribution in [0, 0.1) is 15.9 Å². The summed E-state index contributed by atoms with van der Waals surface area (Å²) in [5.74, 6) is -1.97. The third-order valence-corrected chi connectivity index (χ3v) is 3.06. The second-order valence-corrected chi connectivity index (χ2v) is 4.92. The Kier molecular flexibility index (Phi) is 4.15. The van der Waals surface area contributed by atoms with Crippen molar-refractivity contribution in [2.24, 2.45) is 0 Å². The maximum atomic E-state index is 13.6. The number of nitrogens with zero attached hydrogens (tertiary/aromatic N) is 2. The van der Waals surface area contributed by atoms with Crippen LogP contribution >= 0.6 is 0 Å². The van der Waals surface area contributed by atoms with Crippen LogP contribution in [0.2, 0.25) is 0 Å². The van der Waals surface area contributed by atoms with Gasteiger partial charge in [0, 0.05) is 25.2 Å². The van der Waals surface area contributed by atoms with Crippen molar-refractivity contribution in [3.8, 4) is 0 Å². The van der Waals surface area contributed by atoms with Crippen molar-refractivity contribution in [2.75, 3.05) is 13.6 Å². The molecule has 1 aliphatic carbocycles. The Bertz CT molecular complexity index is 601. The third-order valence-electron chi connectivity index (χ3n) is 3.06. The molecular weight excluding hydrogens is 281 g/mol. The Morgan fingerprint density at radius 1 is 1.48 bits per heavy atom. The fourth-order valence-electron chi connectivity index (χ4n) is 1.78. The number of hydrogen-bond donors (Lipinski definition) is 1. The van der Waals surface area contributed by atoms with Crippen molar-refractivity contribution >= 4 is 17.5 Å². The lowest BCUT2D eigenvalue weighted by molar-refractivity contribution is -0.384. The van der Waals surface area contributed by atoms with Gasteiger partial charge in [0.2, 0.25) is 5.91 Å². The lowest BCUT2D eigenvalue weighted by Crippen LogP contribution is -2.39. The predicted octanol–water partition coefficient (Wildman–Crippen LogP) is 1.08. The summed E-state index contributed by atoms with van der Waals surface area (Å²) in [5, 5.41) is 13.4. The average molecular weight is 295 g/mol. The molecule has 1 aromatic rings. The van der Waals surface area contributed by atoms with E-state index in [0.29, 0.717) is 0 Å². The molecule has 7 nitrogen and oxygen atoms in total. The maximum Gasteiger partial charge on any atom is 0.270 e. The first-order chi connectivity index (χ1) is 9.88. The third kappa shape index (κ3) is 3.74. The number of likely N-dealkylation sites (N-methyl/N-ethyl adjacent to an activating group) is 1. The van der Waals surface area contributed by atoms with E-state index >= 15 is 0 Å². The van der Waals surface area contributed by atoms with Gasteiger partial charge in [-0.1, -0.05) is 0 Å². The summed E-state index contributed by atoms with van der Waals surface area (Å²) in [6, 6.07) is 2.87. The zero-order valence-electron chi connectivity index (χ0n) is 11.3. The minimum absolute atomic E-state index is 0.163. The zero-order valence-corrected chi connectivity index (χ0v) is 11.3. The van der Waals surface area contributed by atoms with Crippen molar-refractivity contribution in [1.29, 1.82) is 0 Å². The normalized spacial score (nSPS) is 13.6. The van der Waals surface area contributed by atoms with E-state index in [2.05, 4.69) is 5.32 Å². The molecule has 2 rings (SSSR count). The smallest absolute Gasteiger partial charge is 0.270 e. The molecule has 1 saturated carbocycles. The number of nitrogens with one attached hydrogen (secondary N) is 1. The molecule has 1 aromatic carbocycles. The molecule has 8 heteroatoms. The first kappa shape index (κ1) is 14.9. The van der Waals surface area contributed by atoms with Gasteiger partial charge in [-0.3, -0.25) is 19.7 Å². The molecule has 112 valence electrons. The summed E-state index contributed by atoms with van der Waals surface area (Å²) in [7, 11) is 1.34. The monoisotopic (exact) mass is 295 g/mol. The van der Waals surface area contributed by atoms with Gasteiger partial charge in [0.15, 0.2) is 0 Å². The van der Waals surface area contributed by atoms with E-state index in [4.69, 9.17) is 0 Å². The Morgan fingerprint density at radius 2 is 2.14 bits per heavy atom. The van der Waals surface area contributed by atoms with Crippen LogP contribution in [0.3, 0.4) is 0 Å². The number of nitro benzene ring substituents is 1. The molecule has 1 N–H and O–H groups in total. The topological polar surface area (TPSA) is 92.6 Å². The van der Waals surface area contributed by atoms with Gasteiger partial charge < -0.3 is 10.2 Å². The number of non-ortho nitro benzene ring substituents is 1. The van der Waals surface area contributed by atoms with Crippen molar-refractivity contribution < 1.29 is 18.9 Å². The van der Waals surface area contributed by atoms with E-state index in [1.54, 1.807) is 0 Å². The fourth-order valence-corrected chi connectivity index (χ4v) is 1.78. The van der Waals surface area contributed by atoms with Gasteiger partial charge in [-0.15, -0.1) is 0 Å². The van der Waals surface area contributed by atoms with Gasteiger partial charge in [0.05, 0.1) is 17.0 Å². The average Bonchev–Trinajstić information content (AvgIpc) is 3.21. The minimum Gasteiger partial charge on any atom is -0.352 e. The number of hydrogen-bond acceptors (Lipinski definition) is 4. The van der Waals surface area contributed by atoms with Crippen LogP contribution < -0.4 is 5.32 Å². The van der Waals surface area contributed by atoms with E-state index in [9.17, 15) is 24.1 Å². The van der Waals surface area contributed by atoms with E-state index in [-0.39, 0.29) is 24.2 Å². The van der Waals surface area contributed by atoms with Crippen molar-refractivity contribution in [3.63, 3.8) is 0 Å². The highest BCUT2D eigenvalue weighted by Gasteiger charge is 2.25. The van der Waals surface area contributed by atoms with Gasteiger partial charge >= 0.3 is 0 Å². The molecule has 1 fully saturated rings. The number of nitro groups is 1. The quantitative estimate of drug-likeness (QED) is 0.650. The molecule has 0 spiro atoms. The number of benzene rings is 1. The van der Waals surface area contributed by atoms with Crippen LogP contribution in [0.25, 0.3) is 0 Å². The van der Waals surface area contributed by atoms with Crippen LogP contribution in [-0.4, -0.2) is 41.3 Å². The fraction of sp³-hybridized carbons (Fsp3) is 0.385. The molecule has 0 saturated heterocycles. The Hall–Kier alpha value is -2.51. The summed E-state index contributed by atoms with van der Waals surface area (Å²) in [4.78, 5) is 34.6. The molecular formula is C13H14FN3O4. The first-order valence-corrected chi connectivity index (χ1v) is 6.37. The number of rotatable bonds is 5.